The van der Waals surface area contributed by atoms with E-state index in [2.05, 4.69) is 15.1 Å². The first-order valence-corrected chi connectivity index (χ1v) is 9.16. The maximum Gasteiger partial charge on any atom is 0.318 e. The Morgan fingerprint density at radius 2 is 1.78 bits per heavy atom. The van der Waals surface area contributed by atoms with E-state index in [0.717, 1.165) is 50.8 Å². The molecule has 0 radical (unpaired) electrons. The molecule has 1 saturated heterocycles. The fourth-order valence-corrected chi connectivity index (χ4v) is 3.78. The van der Waals surface area contributed by atoms with Gasteiger partial charge in [0.1, 0.15) is 0 Å². The molecular weight excluding hydrogens is 292 g/mol. The predicted molar refractivity (Wildman–Crippen MR) is 86.3 cm³/mol. The van der Waals surface area contributed by atoms with Crippen LogP contribution in [0.1, 0.15) is 63.2 Å². The Labute approximate surface area is 137 Å². The summed E-state index contributed by atoms with van der Waals surface area (Å²) in [5.74, 6) is 2.39. The van der Waals surface area contributed by atoms with Crippen LogP contribution in [0.5, 0.6) is 0 Å². The summed E-state index contributed by atoms with van der Waals surface area (Å²) in [5.41, 5.74) is 0. The Hall–Kier alpha value is -1.59. The molecule has 2 heterocycles. The van der Waals surface area contributed by atoms with E-state index < -0.39 is 0 Å². The van der Waals surface area contributed by atoms with Crippen LogP contribution in [0.25, 0.3) is 0 Å². The summed E-state index contributed by atoms with van der Waals surface area (Å²) in [7, 11) is 0. The molecule has 6 nitrogen and oxygen atoms in total. The summed E-state index contributed by atoms with van der Waals surface area (Å²) in [6, 6.07) is 0.630. The monoisotopic (exact) mass is 318 g/mol. The second kappa shape index (κ2) is 6.49. The molecular formula is C17H26N4O2. The minimum absolute atomic E-state index is 0.320. The molecule has 1 aliphatic heterocycles. The molecule has 0 unspecified atom stereocenters. The summed E-state index contributed by atoms with van der Waals surface area (Å²) in [5, 5.41) is 8.31. The van der Waals surface area contributed by atoms with Gasteiger partial charge >= 0.3 is 6.01 Å². The molecule has 0 N–H and O–H groups in total. The van der Waals surface area contributed by atoms with Gasteiger partial charge in [-0.1, -0.05) is 30.8 Å². The Morgan fingerprint density at radius 1 is 1.04 bits per heavy atom. The van der Waals surface area contributed by atoms with Crippen LogP contribution >= 0.6 is 0 Å². The van der Waals surface area contributed by atoms with Gasteiger partial charge in [0.05, 0.1) is 0 Å². The SMILES string of the molecule is O=C(CCC1CCCC1)N1CCN(c2nnc(C3CC3)o2)CC1. The van der Waals surface area contributed by atoms with Crippen LogP contribution in [0.3, 0.4) is 0 Å². The van der Waals surface area contributed by atoms with Gasteiger partial charge in [-0.2, -0.15) is 0 Å². The molecule has 0 bridgehead atoms. The second-order valence-electron chi connectivity index (χ2n) is 7.25. The van der Waals surface area contributed by atoms with Crippen LogP contribution < -0.4 is 4.90 Å². The van der Waals surface area contributed by atoms with Gasteiger partial charge in [0, 0.05) is 38.5 Å². The van der Waals surface area contributed by atoms with E-state index in [9.17, 15) is 4.79 Å². The Bertz CT molecular complexity index is 541. The van der Waals surface area contributed by atoms with Crippen molar-refractivity contribution in [1.29, 1.82) is 0 Å². The van der Waals surface area contributed by atoms with Crippen molar-refractivity contribution in [2.24, 2.45) is 5.92 Å². The molecule has 1 amide bonds. The van der Waals surface area contributed by atoms with Gasteiger partial charge in [-0.15, -0.1) is 5.10 Å². The van der Waals surface area contributed by atoms with Gasteiger partial charge in [-0.3, -0.25) is 4.79 Å². The first-order chi connectivity index (χ1) is 11.3. The standard InChI is InChI=1S/C17H26N4O2/c22-15(8-5-13-3-1-2-4-13)20-9-11-21(12-10-20)17-19-18-16(23-17)14-6-7-14/h13-14H,1-12H2. The maximum absolute atomic E-state index is 12.4. The number of carbonyl (C=O) groups is 1. The number of rotatable bonds is 5. The van der Waals surface area contributed by atoms with Crippen molar-refractivity contribution in [3.8, 4) is 0 Å². The lowest BCUT2D eigenvalue weighted by Gasteiger charge is -2.33. The molecule has 2 aliphatic carbocycles. The van der Waals surface area contributed by atoms with Crippen LogP contribution in [0.4, 0.5) is 6.01 Å². The van der Waals surface area contributed by atoms with E-state index in [4.69, 9.17) is 4.42 Å². The Balaban J connectivity index is 1.23. The number of amides is 1. The average Bonchev–Trinajstić information content (AvgIpc) is 3.11. The maximum atomic E-state index is 12.4. The van der Waals surface area contributed by atoms with E-state index in [0.29, 0.717) is 17.8 Å². The predicted octanol–water partition coefficient (Wildman–Crippen LogP) is 2.57. The number of nitrogens with zero attached hydrogens (tertiary/aromatic N) is 4. The lowest BCUT2D eigenvalue weighted by Crippen LogP contribution is -2.49. The normalized spacial score (nSPS) is 22.8. The van der Waals surface area contributed by atoms with Crippen molar-refractivity contribution in [1.82, 2.24) is 15.1 Å². The zero-order valence-corrected chi connectivity index (χ0v) is 13.7. The molecule has 2 saturated carbocycles. The van der Waals surface area contributed by atoms with Crippen molar-refractivity contribution < 1.29 is 9.21 Å². The fourth-order valence-electron chi connectivity index (χ4n) is 3.78. The smallest absolute Gasteiger partial charge is 0.318 e. The fraction of sp³-hybridized carbons (Fsp3) is 0.824. The number of hydrogen-bond donors (Lipinski definition) is 0. The molecule has 126 valence electrons. The minimum atomic E-state index is 0.320. The summed E-state index contributed by atoms with van der Waals surface area (Å²) in [6.07, 6.45) is 9.48. The zero-order chi connectivity index (χ0) is 15.6. The van der Waals surface area contributed by atoms with Crippen LogP contribution in [0, 0.1) is 5.92 Å². The third-order valence-electron chi connectivity index (χ3n) is 5.50. The van der Waals surface area contributed by atoms with Crippen molar-refractivity contribution in [3.63, 3.8) is 0 Å². The van der Waals surface area contributed by atoms with Gasteiger partial charge in [0.2, 0.25) is 11.8 Å². The minimum Gasteiger partial charge on any atom is -0.408 e. The molecule has 0 aromatic carbocycles. The average molecular weight is 318 g/mol. The topological polar surface area (TPSA) is 62.5 Å². The van der Waals surface area contributed by atoms with Gasteiger partial charge in [-0.25, -0.2) is 0 Å². The first kappa shape index (κ1) is 15.0. The first-order valence-electron chi connectivity index (χ1n) is 9.16. The Kier molecular flexibility index (Phi) is 4.23. The lowest BCUT2D eigenvalue weighted by molar-refractivity contribution is -0.131. The molecule has 0 atom stereocenters. The molecule has 0 spiro atoms. The largest absolute Gasteiger partial charge is 0.408 e. The van der Waals surface area contributed by atoms with Crippen LogP contribution in [-0.4, -0.2) is 47.2 Å². The van der Waals surface area contributed by atoms with Crippen molar-refractivity contribution >= 4 is 11.9 Å². The van der Waals surface area contributed by atoms with Crippen LogP contribution in [0.15, 0.2) is 4.42 Å². The second-order valence-corrected chi connectivity index (χ2v) is 7.25. The molecule has 1 aromatic heterocycles. The highest BCUT2D eigenvalue weighted by atomic mass is 16.4. The molecule has 23 heavy (non-hydrogen) atoms. The van der Waals surface area contributed by atoms with Gasteiger partial charge < -0.3 is 14.2 Å². The highest BCUT2D eigenvalue weighted by Crippen LogP contribution is 2.39. The number of piperazine rings is 1. The molecule has 6 heteroatoms. The van der Waals surface area contributed by atoms with E-state index in [1.165, 1.54) is 38.5 Å². The Morgan fingerprint density at radius 3 is 2.48 bits per heavy atom. The third-order valence-corrected chi connectivity index (χ3v) is 5.50. The molecule has 1 aromatic rings. The van der Waals surface area contributed by atoms with Crippen LogP contribution in [0.2, 0.25) is 0 Å². The van der Waals surface area contributed by atoms with E-state index in [-0.39, 0.29) is 0 Å². The molecule has 4 rings (SSSR count). The summed E-state index contributed by atoms with van der Waals surface area (Å²) >= 11 is 0. The number of aromatic nitrogens is 2. The summed E-state index contributed by atoms with van der Waals surface area (Å²) in [6.45, 7) is 3.12. The van der Waals surface area contributed by atoms with Crippen molar-refractivity contribution in [2.75, 3.05) is 31.1 Å². The van der Waals surface area contributed by atoms with Gasteiger partial charge in [0.15, 0.2) is 0 Å². The number of anilines is 1. The van der Waals surface area contributed by atoms with E-state index >= 15 is 0 Å². The van der Waals surface area contributed by atoms with Gasteiger partial charge in [-0.05, 0) is 25.2 Å². The summed E-state index contributed by atoms with van der Waals surface area (Å²) in [4.78, 5) is 16.5. The van der Waals surface area contributed by atoms with E-state index in [1.807, 2.05) is 4.90 Å². The highest BCUT2D eigenvalue weighted by molar-refractivity contribution is 5.76. The van der Waals surface area contributed by atoms with Crippen LogP contribution in [-0.2, 0) is 4.79 Å². The molecule has 3 aliphatic rings. The number of carbonyl (C=O) groups excluding carboxylic acids is 1. The van der Waals surface area contributed by atoms with Crippen molar-refractivity contribution in [2.45, 2.75) is 57.3 Å². The molecule has 3 fully saturated rings. The summed E-state index contributed by atoms with van der Waals surface area (Å²) < 4.78 is 5.76. The highest BCUT2D eigenvalue weighted by Gasteiger charge is 2.31. The zero-order valence-electron chi connectivity index (χ0n) is 13.7. The third kappa shape index (κ3) is 3.51. The van der Waals surface area contributed by atoms with Gasteiger partial charge in [0.25, 0.3) is 0 Å². The lowest BCUT2D eigenvalue weighted by atomic mass is 10.0. The van der Waals surface area contributed by atoms with E-state index in [1.54, 1.807) is 0 Å². The van der Waals surface area contributed by atoms with Crippen molar-refractivity contribution in [3.05, 3.63) is 5.89 Å². The number of hydrogen-bond acceptors (Lipinski definition) is 5. The quantitative estimate of drug-likeness (QED) is 0.835.